The molecule has 0 unspecified atom stereocenters. The Hall–Kier alpha value is -1.95. The zero-order chi connectivity index (χ0) is 14.5. The van der Waals surface area contributed by atoms with Crippen molar-refractivity contribution in [1.29, 1.82) is 0 Å². The van der Waals surface area contributed by atoms with Crippen LogP contribution in [0, 0.1) is 0 Å². The fourth-order valence-corrected chi connectivity index (χ4v) is 3.23. The molecule has 1 fully saturated rings. The molecular weight excluding hydrogens is 284 g/mol. The third kappa shape index (κ3) is 3.78. The van der Waals surface area contributed by atoms with Gasteiger partial charge < -0.3 is 5.32 Å². The maximum Gasteiger partial charge on any atom is 0.321 e. The van der Waals surface area contributed by atoms with Gasteiger partial charge in [-0.25, -0.2) is 9.78 Å². The van der Waals surface area contributed by atoms with E-state index in [0.29, 0.717) is 11.2 Å². The predicted octanol–water partition coefficient (Wildman–Crippen LogP) is 3.66. The largest absolute Gasteiger partial charge is 0.335 e. The van der Waals surface area contributed by atoms with E-state index < -0.39 is 0 Å². The first kappa shape index (κ1) is 14.0. The van der Waals surface area contributed by atoms with Crippen molar-refractivity contribution in [2.24, 2.45) is 0 Å². The number of hydrogen-bond acceptors (Lipinski definition) is 4. The second-order valence-electron chi connectivity index (χ2n) is 5.19. The summed E-state index contributed by atoms with van der Waals surface area (Å²) in [6, 6.07) is 5.83. The standard InChI is InChI=1S/C15H18N4OS/c20-14(17-11-6-2-1-3-7-11)19-15-18-13(10-21-15)12-8-4-5-9-16-12/h4-5,8-11H,1-3,6-7H2,(H2,17,18,19,20). The number of nitrogens with one attached hydrogen (secondary N) is 2. The Balaban J connectivity index is 1.58. The monoisotopic (exact) mass is 302 g/mol. The van der Waals surface area contributed by atoms with Crippen molar-refractivity contribution in [3.05, 3.63) is 29.8 Å². The van der Waals surface area contributed by atoms with E-state index in [1.54, 1.807) is 6.20 Å². The fourth-order valence-electron chi connectivity index (χ4n) is 2.53. The highest BCUT2D eigenvalue weighted by molar-refractivity contribution is 7.14. The molecule has 0 radical (unpaired) electrons. The van der Waals surface area contributed by atoms with Crippen LogP contribution in [0.3, 0.4) is 0 Å². The van der Waals surface area contributed by atoms with Crippen molar-refractivity contribution in [1.82, 2.24) is 15.3 Å². The van der Waals surface area contributed by atoms with Gasteiger partial charge in [0.2, 0.25) is 0 Å². The van der Waals surface area contributed by atoms with Crippen LogP contribution in [0.25, 0.3) is 11.4 Å². The Morgan fingerprint density at radius 3 is 2.81 bits per heavy atom. The van der Waals surface area contributed by atoms with Crippen LogP contribution in [-0.2, 0) is 0 Å². The molecule has 2 aromatic heterocycles. The first-order chi connectivity index (χ1) is 10.3. The summed E-state index contributed by atoms with van der Waals surface area (Å²) < 4.78 is 0. The molecular formula is C15H18N4OS. The second kappa shape index (κ2) is 6.67. The van der Waals surface area contributed by atoms with Crippen LogP contribution in [0.15, 0.2) is 29.8 Å². The lowest BCUT2D eigenvalue weighted by molar-refractivity contribution is 0.244. The van der Waals surface area contributed by atoms with E-state index in [9.17, 15) is 4.79 Å². The van der Waals surface area contributed by atoms with Crippen molar-refractivity contribution in [3.63, 3.8) is 0 Å². The normalized spacial score (nSPS) is 15.6. The van der Waals surface area contributed by atoms with Gasteiger partial charge in [0, 0.05) is 17.6 Å². The van der Waals surface area contributed by atoms with Gasteiger partial charge in [-0.05, 0) is 25.0 Å². The molecule has 2 N–H and O–H groups in total. The van der Waals surface area contributed by atoms with Gasteiger partial charge in [-0.1, -0.05) is 25.3 Å². The molecule has 3 rings (SSSR count). The van der Waals surface area contributed by atoms with E-state index in [0.717, 1.165) is 24.2 Å². The number of anilines is 1. The molecule has 0 atom stereocenters. The highest BCUT2D eigenvalue weighted by Gasteiger charge is 2.16. The highest BCUT2D eigenvalue weighted by atomic mass is 32.1. The number of carbonyl (C=O) groups excluding carboxylic acids is 1. The molecule has 5 nitrogen and oxygen atoms in total. The van der Waals surface area contributed by atoms with Crippen molar-refractivity contribution < 1.29 is 4.79 Å². The SMILES string of the molecule is O=C(Nc1nc(-c2ccccn2)cs1)NC1CCCCC1. The highest BCUT2D eigenvalue weighted by Crippen LogP contribution is 2.23. The molecule has 21 heavy (non-hydrogen) atoms. The topological polar surface area (TPSA) is 66.9 Å². The van der Waals surface area contributed by atoms with Crippen molar-refractivity contribution in [3.8, 4) is 11.4 Å². The molecule has 2 amide bonds. The summed E-state index contributed by atoms with van der Waals surface area (Å²) in [7, 11) is 0. The number of pyridine rings is 1. The van der Waals surface area contributed by atoms with Crippen LogP contribution in [-0.4, -0.2) is 22.0 Å². The molecule has 110 valence electrons. The number of aromatic nitrogens is 2. The van der Waals surface area contributed by atoms with Gasteiger partial charge in [0.15, 0.2) is 5.13 Å². The Labute approximate surface area is 127 Å². The summed E-state index contributed by atoms with van der Waals surface area (Å²) in [5.74, 6) is 0. The van der Waals surface area contributed by atoms with Crippen LogP contribution in [0.1, 0.15) is 32.1 Å². The molecule has 1 aliphatic carbocycles. The molecule has 1 saturated carbocycles. The number of hydrogen-bond donors (Lipinski definition) is 2. The maximum absolute atomic E-state index is 12.0. The smallest absolute Gasteiger partial charge is 0.321 e. The Morgan fingerprint density at radius 1 is 1.19 bits per heavy atom. The molecule has 6 heteroatoms. The molecule has 0 spiro atoms. The van der Waals surface area contributed by atoms with E-state index in [4.69, 9.17) is 0 Å². The minimum atomic E-state index is -0.163. The van der Waals surface area contributed by atoms with E-state index in [1.807, 2.05) is 23.6 Å². The summed E-state index contributed by atoms with van der Waals surface area (Å²) >= 11 is 1.41. The lowest BCUT2D eigenvalue weighted by atomic mass is 9.96. The predicted molar refractivity (Wildman–Crippen MR) is 84.4 cm³/mol. The van der Waals surface area contributed by atoms with Crippen molar-refractivity contribution >= 4 is 22.5 Å². The van der Waals surface area contributed by atoms with Crippen LogP contribution in [0.2, 0.25) is 0 Å². The van der Waals surface area contributed by atoms with Crippen LogP contribution >= 0.6 is 11.3 Å². The fraction of sp³-hybridized carbons (Fsp3) is 0.400. The minimum absolute atomic E-state index is 0.163. The number of urea groups is 1. The minimum Gasteiger partial charge on any atom is -0.335 e. The average Bonchev–Trinajstić information content (AvgIpc) is 2.97. The van der Waals surface area contributed by atoms with Crippen LogP contribution in [0.4, 0.5) is 9.93 Å². The first-order valence-corrected chi connectivity index (χ1v) is 8.14. The van der Waals surface area contributed by atoms with Gasteiger partial charge in [-0.15, -0.1) is 11.3 Å². The zero-order valence-corrected chi connectivity index (χ0v) is 12.5. The summed E-state index contributed by atoms with van der Waals surface area (Å²) in [6.07, 6.45) is 7.56. The van der Waals surface area contributed by atoms with Gasteiger partial charge in [0.25, 0.3) is 0 Å². The van der Waals surface area contributed by atoms with E-state index in [-0.39, 0.29) is 6.03 Å². The lowest BCUT2D eigenvalue weighted by Gasteiger charge is -2.22. The Morgan fingerprint density at radius 2 is 2.05 bits per heavy atom. The van der Waals surface area contributed by atoms with E-state index in [1.165, 1.54) is 30.6 Å². The lowest BCUT2D eigenvalue weighted by Crippen LogP contribution is -2.38. The van der Waals surface area contributed by atoms with E-state index in [2.05, 4.69) is 20.6 Å². The number of carbonyl (C=O) groups is 1. The summed E-state index contributed by atoms with van der Waals surface area (Å²) in [4.78, 5) is 20.6. The van der Waals surface area contributed by atoms with Gasteiger partial charge in [-0.2, -0.15) is 0 Å². The molecule has 0 aromatic carbocycles. The Kier molecular flexibility index (Phi) is 4.45. The van der Waals surface area contributed by atoms with E-state index >= 15 is 0 Å². The number of rotatable bonds is 3. The van der Waals surface area contributed by atoms with Crippen LogP contribution in [0.5, 0.6) is 0 Å². The number of nitrogens with zero attached hydrogens (tertiary/aromatic N) is 2. The second-order valence-corrected chi connectivity index (χ2v) is 6.04. The summed E-state index contributed by atoms with van der Waals surface area (Å²) in [5, 5.41) is 8.33. The quantitative estimate of drug-likeness (QED) is 0.909. The summed E-state index contributed by atoms with van der Waals surface area (Å²) in [5.41, 5.74) is 1.60. The number of thiazole rings is 1. The third-order valence-electron chi connectivity index (χ3n) is 3.59. The molecule has 0 bridgehead atoms. The van der Waals surface area contributed by atoms with Gasteiger partial charge in [0.1, 0.15) is 5.69 Å². The average molecular weight is 302 g/mol. The summed E-state index contributed by atoms with van der Waals surface area (Å²) in [6.45, 7) is 0. The molecule has 0 aliphatic heterocycles. The maximum atomic E-state index is 12.0. The first-order valence-electron chi connectivity index (χ1n) is 7.26. The van der Waals surface area contributed by atoms with Gasteiger partial charge in [-0.3, -0.25) is 10.3 Å². The molecule has 2 aromatic rings. The molecule has 2 heterocycles. The van der Waals surface area contributed by atoms with Gasteiger partial charge >= 0.3 is 6.03 Å². The van der Waals surface area contributed by atoms with Crippen LogP contribution < -0.4 is 10.6 Å². The number of amides is 2. The van der Waals surface area contributed by atoms with Crippen molar-refractivity contribution in [2.75, 3.05) is 5.32 Å². The van der Waals surface area contributed by atoms with Gasteiger partial charge in [0.05, 0.1) is 5.69 Å². The Bertz CT molecular complexity index is 593. The van der Waals surface area contributed by atoms with Crippen molar-refractivity contribution in [2.45, 2.75) is 38.1 Å². The third-order valence-corrected chi connectivity index (χ3v) is 4.35. The zero-order valence-electron chi connectivity index (χ0n) is 11.7. The molecule has 1 aliphatic rings. The molecule has 0 saturated heterocycles.